The van der Waals surface area contributed by atoms with Crippen LogP contribution in [0.3, 0.4) is 0 Å². The van der Waals surface area contributed by atoms with Crippen molar-refractivity contribution in [2.75, 3.05) is 13.2 Å². The summed E-state index contributed by atoms with van der Waals surface area (Å²) in [5.74, 6) is -2.33. The summed E-state index contributed by atoms with van der Waals surface area (Å²) < 4.78 is 5.23. The fourth-order valence-electron chi connectivity index (χ4n) is 2.57. The number of imide groups is 1. The van der Waals surface area contributed by atoms with Gasteiger partial charge in [0.1, 0.15) is 18.4 Å². The molecule has 0 bridgehead atoms. The quantitative estimate of drug-likeness (QED) is 0.572. The van der Waals surface area contributed by atoms with Gasteiger partial charge in [-0.3, -0.25) is 34.9 Å². The number of carbonyl (C=O) groups excluding carboxylic acids is 4. The summed E-state index contributed by atoms with van der Waals surface area (Å²) in [6.45, 7) is -0.975. The molecule has 28 heavy (non-hydrogen) atoms. The number of amides is 4. The molecule has 0 aliphatic carbocycles. The third kappa shape index (κ3) is 3.81. The van der Waals surface area contributed by atoms with Crippen molar-refractivity contribution in [2.24, 2.45) is 0 Å². The Kier molecular flexibility index (Phi) is 5.32. The maximum Gasteiger partial charge on any atom is 0.276 e. The predicted molar refractivity (Wildman–Crippen MR) is 94.7 cm³/mol. The normalized spacial score (nSPS) is 12.2. The van der Waals surface area contributed by atoms with Gasteiger partial charge in [-0.1, -0.05) is 24.3 Å². The zero-order chi connectivity index (χ0) is 20.1. The average Bonchev–Trinajstić information content (AvgIpc) is 2.96. The zero-order valence-electron chi connectivity index (χ0n) is 14.5. The number of nitrogens with zero attached hydrogens (tertiary/aromatic N) is 2. The number of hydrogen-bond donors (Lipinski definition) is 2. The maximum atomic E-state index is 12.2. The van der Waals surface area contributed by atoms with E-state index in [9.17, 15) is 19.2 Å². The van der Waals surface area contributed by atoms with E-state index >= 15 is 0 Å². The highest BCUT2D eigenvalue weighted by atomic mass is 16.5. The third-order valence-electron chi connectivity index (χ3n) is 3.89. The van der Waals surface area contributed by atoms with Gasteiger partial charge < -0.3 is 4.74 Å². The van der Waals surface area contributed by atoms with Crippen LogP contribution in [0, 0.1) is 11.3 Å². The highest BCUT2D eigenvalue weighted by Gasteiger charge is 2.36. The van der Waals surface area contributed by atoms with Crippen molar-refractivity contribution in [1.29, 1.82) is 5.26 Å². The Balaban J connectivity index is 1.48. The minimum absolute atomic E-state index is 0.230. The summed E-state index contributed by atoms with van der Waals surface area (Å²) in [6, 6.07) is 14.6. The number of ether oxygens (including phenoxy) is 1. The molecular weight excluding hydrogens is 364 g/mol. The number of hydrogen-bond acceptors (Lipinski definition) is 6. The van der Waals surface area contributed by atoms with Gasteiger partial charge in [-0.25, -0.2) is 0 Å². The summed E-state index contributed by atoms with van der Waals surface area (Å²) in [5, 5.41) is 8.96. The molecule has 2 aromatic rings. The molecule has 9 heteroatoms. The van der Waals surface area contributed by atoms with E-state index in [0.29, 0.717) is 0 Å². The second kappa shape index (κ2) is 8.01. The fraction of sp³-hybridized carbons (Fsp3) is 0.105. The minimum atomic E-state index is -0.750. The van der Waals surface area contributed by atoms with Crippen molar-refractivity contribution in [3.05, 3.63) is 65.2 Å². The lowest BCUT2D eigenvalue weighted by Gasteiger charge is -2.14. The molecular formula is C19H14N4O5. The first-order valence-electron chi connectivity index (χ1n) is 8.16. The smallest absolute Gasteiger partial charge is 0.276 e. The summed E-state index contributed by atoms with van der Waals surface area (Å²) >= 11 is 0. The van der Waals surface area contributed by atoms with E-state index in [1.165, 1.54) is 24.3 Å². The Bertz CT molecular complexity index is 976. The number of nitriles is 1. The molecule has 0 fully saturated rings. The lowest BCUT2D eigenvalue weighted by molar-refractivity contribution is -0.130. The number of para-hydroxylation sites is 1. The van der Waals surface area contributed by atoms with Crippen molar-refractivity contribution in [2.45, 2.75) is 0 Å². The number of rotatable bonds is 5. The Hall–Kier alpha value is -4.19. The van der Waals surface area contributed by atoms with Gasteiger partial charge in [0.15, 0.2) is 6.61 Å². The van der Waals surface area contributed by atoms with Gasteiger partial charge >= 0.3 is 0 Å². The third-order valence-corrected chi connectivity index (χ3v) is 3.89. The van der Waals surface area contributed by atoms with Crippen LogP contribution in [0.4, 0.5) is 0 Å². The molecule has 0 saturated carbocycles. The van der Waals surface area contributed by atoms with Crippen LogP contribution in [0.5, 0.6) is 5.75 Å². The number of fused-ring (bicyclic) bond motifs is 1. The highest BCUT2D eigenvalue weighted by Crippen LogP contribution is 2.21. The molecule has 0 unspecified atom stereocenters. The Labute approximate surface area is 159 Å². The molecule has 2 aromatic carbocycles. The predicted octanol–water partition coefficient (Wildman–Crippen LogP) is 0.381. The molecule has 1 aliphatic rings. The van der Waals surface area contributed by atoms with Crippen LogP contribution >= 0.6 is 0 Å². The van der Waals surface area contributed by atoms with Crippen molar-refractivity contribution in [3.8, 4) is 11.8 Å². The second-order valence-electron chi connectivity index (χ2n) is 5.74. The van der Waals surface area contributed by atoms with Gasteiger partial charge in [0.2, 0.25) is 0 Å². The van der Waals surface area contributed by atoms with Crippen LogP contribution in [-0.2, 0) is 9.59 Å². The minimum Gasteiger partial charge on any atom is -0.482 e. The van der Waals surface area contributed by atoms with Crippen molar-refractivity contribution < 1.29 is 23.9 Å². The highest BCUT2D eigenvalue weighted by molar-refractivity contribution is 6.22. The molecule has 1 aliphatic heterocycles. The monoisotopic (exact) mass is 378 g/mol. The molecule has 0 saturated heterocycles. The van der Waals surface area contributed by atoms with Crippen LogP contribution in [0.15, 0.2) is 48.5 Å². The van der Waals surface area contributed by atoms with Gasteiger partial charge in [0, 0.05) is 0 Å². The standard InChI is InChI=1S/C19H14N4O5/c20-9-12-5-1-4-8-15(12)28-11-17(25)22-21-16(24)10-23-18(26)13-6-2-3-7-14(13)19(23)27/h1-8H,10-11H2,(H,21,24)(H,22,25). The Morgan fingerprint density at radius 2 is 1.50 bits per heavy atom. The van der Waals surface area contributed by atoms with E-state index in [0.717, 1.165) is 4.90 Å². The SMILES string of the molecule is N#Cc1ccccc1OCC(=O)NNC(=O)CN1C(=O)c2ccccc2C1=O. The Morgan fingerprint density at radius 1 is 0.929 bits per heavy atom. The molecule has 0 atom stereocenters. The van der Waals surface area contributed by atoms with Gasteiger partial charge in [-0.05, 0) is 24.3 Å². The molecule has 0 aromatic heterocycles. The lowest BCUT2D eigenvalue weighted by atomic mass is 10.1. The van der Waals surface area contributed by atoms with Crippen LogP contribution in [-0.4, -0.2) is 41.7 Å². The van der Waals surface area contributed by atoms with Gasteiger partial charge in [0.25, 0.3) is 23.6 Å². The molecule has 140 valence electrons. The molecule has 0 spiro atoms. The molecule has 4 amide bonds. The maximum absolute atomic E-state index is 12.2. The van der Waals surface area contributed by atoms with E-state index in [2.05, 4.69) is 10.9 Å². The van der Waals surface area contributed by atoms with Crippen LogP contribution in [0.25, 0.3) is 0 Å². The number of hydrazine groups is 1. The number of carbonyl (C=O) groups is 4. The van der Waals surface area contributed by atoms with Crippen molar-refractivity contribution in [1.82, 2.24) is 15.8 Å². The molecule has 3 rings (SSSR count). The largest absolute Gasteiger partial charge is 0.482 e. The van der Waals surface area contributed by atoms with E-state index in [1.54, 1.807) is 24.3 Å². The molecule has 1 heterocycles. The first kappa shape index (κ1) is 18.6. The first-order chi connectivity index (χ1) is 13.5. The van der Waals surface area contributed by atoms with Crippen molar-refractivity contribution >= 4 is 23.6 Å². The van der Waals surface area contributed by atoms with Crippen LogP contribution in [0.1, 0.15) is 26.3 Å². The second-order valence-corrected chi connectivity index (χ2v) is 5.74. The lowest BCUT2D eigenvalue weighted by Crippen LogP contribution is -2.48. The van der Waals surface area contributed by atoms with Gasteiger partial charge in [0.05, 0.1) is 16.7 Å². The van der Waals surface area contributed by atoms with E-state index < -0.39 is 36.8 Å². The van der Waals surface area contributed by atoms with E-state index in [4.69, 9.17) is 10.00 Å². The van der Waals surface area contributed by atoms with Crippen LogP contribution in [0.2, 0.25) is 0 Å². The topological polar surface area (TPSA) is 129 Å². The first-order valence-corrected chi connectivity index (χ1v) is 8.16. The number of benzene rings is 2. The van der Waals surface area contributed by atoms with Gasteiger partial charge in [-0.15, -0.1) is 0 Å². The molecule has 0 radical (unpaired) electrons. The van der Waals surface area contributed by atoms with Crippen molar-refractivity contribution in [3.63, 3.8) is 0 Å². The average molecular weight is 378 g/mol. The summed E-state index contributed by atoms with van der Waals surface area (Å²) in [4.78, 5) is 48.9. The summed E-state index contributed by atoms with van der Waals surface area (Å²) in [5.41, 5.74) is 4.96. The molecule has 2 N–H and O–H groups in total. The van der Waals surface area contributed by atoms with E-state index in [1.807, 2.05) is 6.07 Å². The van der Waals surface area contributed by atoms with Crippen LogP contribution < -0.4 is 15.6 Å². The summed E-state index contributed by atoms with van der Waals surface area (Å²) in [7, 11) is 0. The Morgan fingerprint density at radius 3 is 2.14 bits per heavy atom. The zero-order valence-corrected chi connectivity index (χ0v) is 14.5. The number of nitrogens with one attached hydrogen (secondary N) is 2. The fourth-order valence-corrected chi connectivity index (χ4v) is 2.57. The summed E-state index contributed by atoms with van der Waals surface area (Å²) in [6.07, 6.45) is 0. The molecule has 9 nitrogen and oxygen atoms in total. The van der Waals surface area contributed by atoms with E-state index in [-0.39, 0.29) is 22.4 Å². The van der Waals surface area contributed by atoms with Gasteiger partial charge in [-0.2, -0.15) is 5.26 Å².